The number of aromatic nitrogens is 2. The fraction of sp³-hybridized carbons (Fsp3) is 0.538. The molecule has 0 N–H and O–H groups in total. The summed E-state index contributed by atoms with van der Waals surface area (Å²) in [5.74, 6) is 0. The van der Waals surface area contributed by atoms with Crippen LogP contribution in [0.3, 0.4) is 0 Å². The Hall–Kier alpha value is -1.40. The van der Waals surface area contributed by atoms with Gasteiger partial charge in [-0.05, 0) is 18.9 Å². The lowest BCUT2D eigenvalue weighted by molar-refractivity contribution is 0.250. The fourth-order valence-corrected chi connectivity index (χ4v) is 3.90. The number of hydrogen-bond acceptors (Lipinski definition) is 6. The van der Waals surface area contributed by atoms with Gasteiger partial charge in [0.05, 0.1) is 11.8 Å². The van der Waals surface area contributed by atoms with Crippen LogP contribution in [-0.4, -0.2) is 47.3 Å². The molecule has 2 aromatic rings. The number of piperidine rings is 1. The van der Waals surface area contributed by atoms with E-state index in [-0.39, 0.29) is 0 Å². The van der Waals surface area contributed by atoms with Crippen LogP contribution in [0.5, 0.6) is 0 Å². The first kappa shape index (κ1) is 11.4. The van der Waals surface area contributed by atoms with E-state index in [1.165, 1.54) is 25.9 Å². The Labute approximate surface area is 115 Å². The molecule has 0 aromatic carbocycles. The number of fused-ring (bicyclic) bond motifs is 4. The van der Waals surface area contributed by atoms with Crippen molar-refractivity contribution in [1.82, 2.24) is 15.1 Å². The van der Waals surface area contributed by atoms with Gasteiger partial charge in [-0.25, -0.2) is 0 Å². The summed E-state index contributed by atoms with van der Waals surface area (Å²) in [6.45, 7) is 4.69. The van der Waals surface area contributed by atoms with E-state index in [0.717, 1.165) is 28.8 Å². The van der Waals surface area contributed by atoms with Crippen molar-refractivity contribution < 1.29 is 4.42 Å². The summed E-state index contributed by atoms with van der Waals surface area (Å²) in [6.07, 6.45) is 5.91. The predicted octanol–water partition coefficient (Wildman–Crippen LogP) is 2.08. The topological polar surface area (TPSA) is 45.4 Å². The van der Waals surface area contributed by atoms with Gasteiger partial charge in [0.15, 0.2) is 5.01 Å². The zero-order chi connectivity index (χ0) is 12.7. The molecule has 100 valence electrons. The summed E-state index contributed by atoms with van der Waals surface area (Å²) >= 11 is 1.67. The molecule has 0 atom stereocenters. The highest BCUT2D eigenvalue weighted by Crippen LogP contribution is 2.32. The Morgan fingerprint density at radius 3 is 2.84 bits per heavy atom. The van der Waals surface area contributed by atoms with Crippen LogP contribution in [0.25, 0.3) is 10.6 Å². The van der Waals surface area contributed by atoms with Gasteiger partial charge in [0.2, 0.25) is 5.13 Å². The molecule has 0 unspecified atom stereocenters. The smallest absolute Gasteiger partial charge is 0.208 e. The molecule has 3 aliphatic heterocycles. The molecular weight excluding hydrogens is 260 g/mol. The van der Waals surface area contributed by atoms with Crippen LogP contribution < -0.4 is 4.90 Å². The molecule has 3 aliphatic rings. The van der Waals surface area contributed by atoms with Crippen molar-refractivity contribution in [3.63, 3.8) is 0 Å². The fourth-order valence-electron chi connectivity index (χ4n) is 2.97. The van der Waals surface area contributed by atoms with Gasteiger partial charge in [-0.3, -0.25) is 0 Å². The normalized spacial score (nSPS) is 26.6. The maximum Gasteiger partial charge on any atom is 0.208 e. The van der Waals surface area contributed by atoms with Crippen LogP contribution in [0.15, 0.2) is 23.0 Å². The second-order valence-corrected chi connectivity index (χ2v) is 6.12. The van der Waals surface area contributed by atoms with Crippen LogP contribution in [-0.2, 0) is 0 Å². The third-order valence-electron chi connectivity index (χ3n) is 4.08. The van der Waals surface area contributed by atoms with E-state index in [1.54, 1.807) is 23.9 Å². The van der Waals surface area contributed by atoms with Gasteiger partial charge in [-0.15, -0.1) is 10.2 Å². The Balaban J connectivity index is 1.62. The van der Waals surface area contributed by atoms with E-state index in [2.05, 4.69) is 20.0 Å². The van der Waals surface area contributed by atoms with Crippen LogP contribution in [0, 0.1) is 0 Å². The first-order valence-corrected chi connectivity index (χ1v) is 7.57. The zero-order valence-electron chi connectivity index (χ0n) is 10.7. The van der Waals surface area contributed by atoms with Gasteiger partial charge in [-0.2, -0.15) is 0 Å². The molecule has 0 amide bonds. The highest BCUT2D eigenvalue weighted by atomic mass is 32.1. The third-order valence-corrected chi connectivity index (χ3v) is 5.09. The number of hydrogen-bond donors (Lipinski definition) is 0. The SMILES string of the molecule is c1cc(-c2nnc(N3CCN4CCC3CC4)s2)co1. The Bertz CT molecular complexity index is 545. The van der Waals surface area contributed by atoms with Gasteiger partial charge >= 0.3 is 0 Å². The number of nitrogens with zero attached hydrogens (tertiary/aromatic N) is 4. The van der Waals surface area contributed by atoms with Gasteiger partial charge in [-0.1, -0.05) is 11.3 Å². The monoisotopic (exact) mass is 276 g/mol. The molecule has 0 spiro atoms. The van der Waals surface area contributed by atoms with E-state index in [0.29, 0.717) is 6.04 Å². The molecule has 5 nitrogen and oxygen atoms in total. The molecule has 6 heteroatoms. The number of furan rings is 1. The second kappa shape index (κ2) is 4.61. The Kier molecular flexibility index (Phi) is 2.77. The molecule has 0 saturated carbocycles. The number of anilines is 1. The minimum atomic E-state index is 0.642. The lowest BCUT2D eigenvalue weighted by Gasteiger charge is -2.30. The minimum Gasteiger partial charge on any atom is -0.472 e. The minimum absolute atomic E-state index is 0.642. The first-order valence-electron chi connectivity index (χ1n) is 6.75. The van der Waals surface area contributed by atoms with Crippen molar-refractivity contribution in [2.75, 3.05) is 31.1 Å². The molecule has 3 fully saturated rings. The summed E-state index contributed by atoms with van der Waals surface area (Å²) in [5, 5.41) is 10.7. The van der Waals surface area contributed by atoms with Crippen molar-refractivity contribution in [3.8, 4) is 10.6 Å². The largest absolute Gasteiger partial charge is 0.472 e. The zero-order valence-corrected chi connectivity index (χ0v) is 11.5. The van der Waals surface area contributed by atoms with Crippen molar-refractivity contribution >= 4 is 16.5 Å². The highest BCUT2D eigenvalue weighted by molar-refractivity contribution is 7.18. The molecular formula is C13H16N4OS. The molecule has 19 heavy (non-hydrogen) atoms. The van der Waals surface area contributed by atoms with Crippen LogP contribution in [0.4, 0.5) is 5.13 Å². The quantitative estimate of drug-likeness (QED) is 0.840. The average Bonchev–Trinajstić information content (AvgIpc) is 3.05. The lowest BCUT2D eigenvalue weighted by Crippen LogP contribution is -2.37. The van der Waals surface area contributed by atoms with Crippen LogP contribution in [0.1, 0.15) is 12.8 Å². The second-order valence-electron chi connectivity index (χ2n) is 5.17. The summed E-state index contributed by atoms with van der Waals surface area (Å²) in [6, 6.07) is 2.58. The molecule has 5 rings (SSSR count). The summed E-state index contributed by atoms with van der Waals surface area (Å²) in [4.78, 5) is 5.00. The van der Waals surface area contributed by atoms with Crippen molar-refractivity contribution in [1.29, 1.82) is 0 Å². The Morgan fingerprint density at radius 2 is 2.05 bits per heavy atom. The summed E-state index contributed by atoms with van der Waals surface area (Å²) in [5.41, 5.74) is 1.02. The van der Waals surface area contributed by atoms with E-state index < -0.39 is 0 Å². The van der Waals surface area contributed by atoms with E-state index in [9.17, 15) is 0 Å². The van der Waals surface area contributed by atoms with Crippen LogP contribution in [0.2, 0.25) is 0 Å². The molecule has 5 heterocycles. The van der Waals surface area contributed by atoms with Crippen molar-refractivity contribution in [3.05, 3.63) is 18.6 Å². The predicted molar refractivity (Wildman–Crippen MR) is 74.4 cm³/mol. The maximum absolute atomic E-state index is 5.11. The molecule has 2 bridgehead atoms. The Morgan fingerprint density at radius 1 is 1.16 bits per heavy atom. The number of rotatable bonds is 2. The van der Waals surface area contributed by atoms with E-state index in [1.807, 2.05) is 6.07 Å². The standard InChI is InChI=1S/C13H16N4OS/c1-4-16-5-2-11(1)17(7-6-16)13-15-14-12(19-13)10-3-8-18-9-10/h3,8-9,11H,1-2,4-7H2. The third kappa shape index (κ3) is 2.04. The molecule has 3 saturated heterocycles. The highest BCUT2D eigenvalue weighted by Gasteiger charge is 2.30. The van der Waals surface area contributed by atoms with Crippen LogP contribution >= 0.6 is 11.3 Å². The van der Waals surface area contributed by atoms with Gasteiger partial charge in [0, 0.05) is 32.2 Å². The molecule has 2 aromatic heterocycles. The van der Waals surface area contributed by atoms with Gasteiger partial charge in [0.1, 0.15) is 6.26 Å². The van der Waals surface area contributed by atoms with Gasteiger partial charge in [0.25, 0.3) is 0 Å². The van der Waals surface area contributed by atoms with E-state index in [4.69, 9.17) is 4.42 Å². The van der Waals surface area contributed by atoms with E-state index >= 15 is 0 Å². The summed E-state index contributed by atoms with van der Waals surface area (Å²) in [7, 11) is 0. The van der Waals surface area contributed by atoms with Crippen molar-refractivity contribution in [2.45, 2.75) is 18.9 Å². The maximum atomic E-state index is 5.11. The molecule has 0 radical (unpaired) electrons. The van der Waals surface area contributed by atoms with Crippen molar-refractivity contribution in [2.24, 2.45) is 0 Å². The lowest BCUT2D eigenvalue weighted by atomic mass is 10.1. The molecule has 0 aliphatic carbocycles. The van der Waals surface area contributed by atoms with Gasteiger partial charge < -0.3 is 14.2 Å². The summed E-state index contributed by atoms with van der Waals surface area (Å²) < 4.78 is 5.11. The average molecular weight is 276 g/mol. The first-order chi connectivity index (χ1) is 9.40.